The van der Waals surface area contributed by atoms with Crippen molar-refractivity contribution in [3.63, 3.8) is 0 Å². The molecule has 2 aromatic rings. The van der Waals surface area contributed by atoms with Crippen LogP contribution in [-0.2, 0) is 0 Å². The summed E-state index contributed by atoms with van der Waals surface area (Å²) >= 11 is 4.15. The molecule has 1 N–H and O–H groups in total. The molecule has 2 nitrogen and oxygen atoms in total. The molecule has 0 saturated carbocycles. The fraction of sp³-hybridized carbons (Fsp3) is 0.375. The summed E-state index contributed by atoms with van der Waals surface area (Å²) in [6.45, 7) is 1.03. The zero-order valence-electron chi connectivity index (χ0n) is 11.3. The third-order valence-corrected chi connectivity index (χ3v) is 6.24. The van der Waals surface area contributed by atoms with Crippen molar-refractivity contribution in [2.45, 2.75) is 11.3 Å². The van der Waals surface area contributed by atoms with Crippen LogP contribution in [0.25, 0.3) is 0 Å². The standard InChI is InChI=1S/C16H19NOS2/c1-2-5-13(6-3-1)16(15-7-4-8-18-15)17-11-14-12-19-9-10-20-14/h1-8,14,16-17H,9-12H2. The molecular weight excluding hydrogens is 286 g/mol. The summed E-state index contributed by atoms with van der Waals surface area (Å²) < 4.78 is 5.62. The number of thioether (sulfide) groups is 2. The minimum Gasteiger partial charge on any atom is -0.467 e. The molecule has 1 aliphatic rings. The molecule has 0 aliphatic carbocycles. The number of furan rings is 1. The Hall–Kier alpha value is -0.840. The monoisotopic (exact) mass is 305 g/mol. The molecule has 1 aromatic carbocycles. The molecule has 2 unspecified atom stereocenters. The van der Waals surface area contributed by atoms with Crippen molar-refractivity contribution in [3.8, 4) is 0 Å². The highest BCUT2D eigenvalue weighted by molar-refractivity contribution is 8.06. The Balaban J connectivity index is 1.69. The van der Waals surface area contributed by atoms with Gasteiger partial charge in [-0.1, -0.05) is 30.3 Å². The zero-order valence-corrected chi connectivity index (χ0v) is 13.0. The first-order valence-corrected chi connectivity index (χ1v) is 9.15. The Morgan fingerprint density at radius 3 is 2.75 bits per heavy atom. The second-order valence-corrected chi connectivity index (χ2v) is 7.39. The van der Waals surface area contributed by atoms with E-state index in [0.717, 1.165) is 12.3 Å². The average molecular weight is 305 g/mol. The van der Waals surface area contributed by atoms with Crippen molar-refractivity contribution < 1.29 is 4.42 Å². The molecule has 0 bridgehead atoms. The molecule has 0 spiro atoms. The first-order chi connectivity index (χ1) is 9.93. The van der Waals surface area contributed by atoms with Crippen LogP contribution in [0.4, 0.5) is 0 Å². The van der Waals surface area contributed by atoms with Gasteiger partial charge in [0.25, 0.3) is 0 Å². The van der Waals surface area contributed by atoms with Crippen LogP contribution in [0.15, 0.2) is 53.1 Å². The normalized spacial score (nSPS) is 20.7. The molecule has 1 fully saturated rings. The Kier molecular flexibility index (Phi) is 5.12. The van der Waals surface area contributed by atoms with Gasteiger partial charge in [0.1, 0.15) is 5.76 Å². The van der Waals surface area contributed by atoms with Gasteiger partial charge in [-0.2, -0.15) is 23.5 Å². The number of hydrogen-bond donors (Lipinski definition) is 1. The Labute approximate surface area is 128 Å². The Bertz CT molecular complexity index is 494. The van der Waals surface area contributed by atoms with Crippen molar-refractivity contribution in [1.29, 1.82) is 0 Å². The number of benzene rings is 1. The van der Waals surface area contributed by atoms with Crippen LogP contribution >= 0.6 is 23.5 Å². The van der Waals surface area contributed by atoms with Gasteiger partial charge < -0.3 is 9.73 Å². The number of nitrogens with one attached hydrogen (secondary N) is 1. The molecule has 3 rings (SSSR count). The smallest absolute Gasteiger partial charge is 0.125 e. The fourth-order valence-electron chi connectivity index (χ4n) is 2.39. The van der Waals surface area contributed by atoms with E-state index < -0.39 is 0 Å². The molecular formula is C16H19NOS2. The van der Waals surface area contributed by atoms with Crippen LogP contribution in [0.5, 0.6) is 0 Å². The highest BCUT2D eigenvalue weighted by atomic mass is 32.2. The van der Waals surface area contributed by atoms with Gasteiger partial charge >= 0.3 is 0 Å². The number of rotatable bonds is 5. The Morgan fingerprint density at radius 1 is 1.15 bits per heavy atom. The second kappa shape index (κ2) is 7.25. The van der Waals surface area contributed by atoms with Crippen LogP contribution in [0.2, 0.25) is 0 Å². The first-order valence-electron chi connectivity index (χ1n) is 6.94. The van der Waals surface area contributed by atoms with Gasteiger partial charge in [-0.3, -0.25) is 0 Å². The van der Waals surface area contributed by atoms with Gasteiger partial charge in [0.05, 0.1) is 12.3 Å². The summed E-state index contributed by atoms with van der Waals surface area (Å²) in [6, 6.07) is 14.7. The number of hydrogen-bond acceptors (Lipinski definition) is 4. The molecule has 2 atom stereocenters. The lowest BCUT2D eigenvalue weighted by molar-refractivity contribution is 0.448. The predicted octanol–water partition coefficient (Wildman–Crippen LogP) is 3.81. The van der Waals surface area contributed by atoms with Gasteiger partial charge in [-0.15, -0.1) is 0 Å². The fourth-order valence-corrected chi connectivity index (χ4v) is 5.01. The Morgan fingerprint density at radius 2 is 2.05 bits per heavy atom. The predicted molar refractivity (Wildman–Crippen MR) is 88.6 cm³/mol. The third kappa shape index (κ3) is 3.62. The molecule has 4 heteroatoms. The highest BCUT2D eigenvalue weighted by Crippen LogP contribution is 2.26. The lowest BCUT2D eigenvalue weighted by Crippen LogP contribution is -2.32. The van der Waals surface area contributed by atoms with Crippen molar-refractivity contribution in [1.82, 2.24) is 5.32 Å². The van der Waals surface area contributed by atoms with Gasteiger partial charge in [0.15, 0.2) is 0 Å². The second-order valence-electron chi connectivity index (χ2n) is 4.84. The van der Waals surface area contributed by atoms with Crippen molar-refractivity contribution in [2.24, 2.45) is 0 Å². The lowest BCUT2D eigenvalue weighted by atomic mass is 10.0. The topological polar surface area (TPSA) is 25.2 Å². The van der Waals surface area contributed by atoms with Gasteiger partial charge in [0, 0.05) is 29.1 Å². The molecule has 0 radical (unpaired) electrons. The first kappa shape index (κ1) is 14.1. The van der Waals surface area contributed by atoms with Crippen molar-refractivity contribution in [3.05, 3.63) is 60.1 Å². The van der Waals surface area contributed by atoms with Crippen LogP contribution in [0, 0.1) is 0 Å². The molecule has 1 saturated heterocycles. The molecule has 1 aromatic heterocycles. The average Bonchev–Trinajstić information content (AvgIpc) is 3.04. The largest absolute Gasteiger partial charge is 0.467 e. The van der Waals surface area contributed by atoms with E-state index in [1.807, 2.05) is 12.1 Å². The maximum Gasteiger partial charge on any atom is 0.125 e. The van der Waals surface area contributed by atoms with Crippen molar-refractivity contribution >= 4 is 23.5 Å². The van der Waals surface area contributed by atoms with Crippen LogP contribution < -0.4 is 5.32 Å². The van der Waals surface area contributed by atoms with Gasteiger partial charge in [-0.25, -0.2) is 0 Å². The molecule has 106 valence electrons. The minimum atomic E-state index is 0.152. The van der Waals surface area contributed by atoms with Gasteiger partial charge in [-0.05, 0) is 17.7 Å². The lowest BCUT2D eigenvalue weighted by Gasteiger charge is -2.24. The van der Waals surface area contributed by atoms with E-state index in [1.54, 1.807) is 6.26 Å². The maximum absolute atomic E-state index is 5.62. The van der Waals surface area contributed by atoms with Crippen LogP contribution in [-0.4, -0.2) is 29.1 Å². The summed E-state index contributed by atoms with van der Waals surface area (Å²) in [5, 5.41) is 4.38. The molecule has 20 heavy (non-hydrogen) atoms. The zero-order chi connectivity index (χ0) is 13.6. The summed E-state index contributed by atoms with van der Waals surface area (Å²) in [6.07, 6.45) is 1.75. The maximum atomic E-state index is 5.62. The van der Waals surface area contributed by atoms with E-state index >= 15 is 0 Å². The summed E-state index contributed by atoms with van der Waals surface area (Å²) in [5.41, 5.74) is 1.26. The van der Waals surface area contributed by atoms with Gasteiger partial charge in [0.2, 0.25) is 0 Å². The highest BCUT2D eigenvalue weighted by Gasteiger charge is 2.20. The quantitative estimate of drug-likeness (QED) is 0.908. The summed E-state index contributed by atoms with van der Waals surface area (Å²) in [4.78, 5) is 0. The summed E-state index contributed by atoms with van der Waals surface area (Å²) in [7, 11) is 0. The van der Waals surface area contributed by atoms with E-state index in [4.69, 9.17) is 4.42 Å². The molecule has 1 aliphatic heterocycles. The molecule has 0 amide bonds. The van der Waals surface area contributed by atoms with Crippen molar-refractivity contribution in [2.75, 3.05) is 23.8 Å². The SMILES string of the molecule is c1ccc(C(NCC2CSCCS2)c2ccco2)cc1. The van der Waals surface area contributed by atoms with E-state index in [1.165, 1.54) is 22.8 Å². The van der Waals surface area contributed by atoms with Crippen LogP contribution in [0.1, 0.15) is 17.4 Å². The van der Waals surface area contributed by atoms with E-state index in [9.17, 15) is 0 Å². The third-order valence-electron chi connectivity index (χ3n) is 3.40. The van der Waals surface area contributed by atoms with E-state index in [2.05, 4.69) is 59.2 Å². The van der Waals surface area contributed by atoms with E-state index in [-0.39, 0.29) is 6.04 Å². The van der Waals surface area contributed by atoms with Crippen LogP contribution in [0.3, 0.4) is 0 Å². The van der Waals surface area contributed by atoms with E-state index in [0.29, 0.717) is 5.25 Å². The minimum absolute atomic E-state index is 0.152. The molecule has 2 heterocycles. The summed E-state index contributed by atoms with van der Waals surface area (Å²) in [5.74, 6) is 4.80.